The van der Waals surface area contributed by atoms with E-state index in [1.54, 1.807) is 6.07 Å². The van der Waals surface area contributed by atoms with Gasteiger partial charge in [0, 0.05) is 0 Å². The number of benzene rings is 1. The van der Waals surface area contributed by atoms with Crippen LogP contribution in [0.5, 0.6) is 0 Å². The fraction of sp³-hybridized carbons (Fsp3) is 0.611. The van der Waals surface area contributed by atoms with Gasteiger partial charge in [-0.2, -0.15) is 0 Å². The number of rotatable bonds is 3. The molecule has 0 aromatic heterocycles. The Labute approximate surface area is 127 Å². The van der Waals surface area contributed by atoms with Crippen LogP contribution in [-0.2, 0) is 4.79 Å². The lowest BCUT2D eigenvalue weighted by Crippen LogP contribution is -2.25. The van der Waals surface area contributed by atoms with Crippen LogP contribution in [0, 0.1) is 11.3 Å². The molecule has 2 N–H and O–H groups in total. The summed E-state index contributed by atoms with van der Waals surface area (Å²) in [5, 5.41) is 18.6. The molecule has 21 heavy (non-hydrogen) atoms. The van der Waals surface area contributed by atoms with Gasteiger partial charge in [-0.05, 0) is 54.1 Å². The number of carboxylic acid groups (broad SMARTS) is 1. The highest BCUT2D eigenvalue weighted by molar-refractivity contribution is 5.74. The monoisotopic (exact) mass is 290 g/mol. The standard InChI is InChI=1S/C18H26O3/c1-18(2,3)15-9-7-12(8-10-15)13-5-4-6-14(11-13)16(19)17(20)21/h4-6,11-12,15-16,19H,7-10H2,1-3H3,(H,20,21). The minimum absolute atomic E-state index is 0.367. The summed E-state index contributed by atoms with van der Waals surface area (Å²) in [6.07, 6.45) is 3.32. The molecule has 0 saturated heterocycles. The molecule has 0 bridgehead atoms. The highest BCUT2D eigenvalue weighted by atomic mass is 16.4. The van der Waals surface area contributed by atoms with Crippen LogP contribution < -0.4 is 0 Å². The molecule has 1 atom stereocenters. The number of aliphatic carboxylic acids is 1. The first kappa shape index (κ1) is 16.0. The molecule has 3 nitrogen and oxygen atoms in total. The predicted molar refractivity (Wildman–Crippen MR) is 83.2 cm³/mol. The molecular formula is C18H26O3. The van der Waals surface area contributed by atoms with Crippen LogP contribution in [-0.4, -0.2) is 16.2 Å². The maximum atomic E-state index is 10.9. The number of hydrogen-bond acceptors (Lipinski definition) is 2. The van der Waals surface area contributed by atoms with E-state index in [-0.39, 0.29) is 0 Å². The summed E-state index contributed by atoms with van der Waals surface area (Å²) in [7, 11) is 0. The van der Waals surface area contributed by atoms with Crippen molar-refractivity contribution < 1.29 is 15.0 Å². The molecule has 1 fully saturated rings. The van der Waals surface area contributed by atoms with Crippen molar-refractivity contribution in [3.8, 4) is 0 Å². The number of carbonyl (C=O) groups is 1. The number of aliphatic hydroxyl groups is 1. The van der Waals surface area contributed by atoms with Crippen LogP contribution in [0.4, 0.5) is 0 Å². The van der Waals surface area contributed by atoms with Gasteiger partial charge < -0.3 is 10.2 Å². The third-order valence-corrected chi connectivity index (χ3v) is 4.88. The van der Waals surface area contributed by atoms with Crippen LogP contribution in [0.1, 0.15) is 69.6 Å². The Kier molecular flexibility index (Phi) is 4.72. The lowest BCUT2D eigenvalue weighted by Gasteiger charge is -2.37. The first-order valence-electron chi connectivity index (χ1n) is 7.79. The minimum Gasteiger partial charge on any atom is -0.479 e. The third-order valence-electron chi connectivity index (χ3n) is 4.88. The second-order valence-electron chi connectivity index (χ2n) is 7.33. The zero-order valence-electron chi connectivity index (χ0n) is 13.2. The average Bonchev–Trinajstić information content (AvgIpc) is 2.46. The summed E-state index contributed by atoms with van der Waals surface area (Å²) in [6, 6.07) is 7.46. The van der Waals surface area contributed by atoms with Crippen LogP contribution in [0.25, 0.3) is 0 Å². The molecule has 0 spiro atoms. The van der Waals surface area contributed by atoms with Crippen molar-refractivity contribution in [2.24, 2.45) is 11.3 Å². The van der Waals surface area contributed by atoms with Gasteiger partial charge in [0.05, 0.1) is 0 Å². The average molecular weight is 290 g/mol. The molecule has 1 saturated carbocycles. The molecule has 1 aromatic rings. The summed E-state index contributed by atoms with van der Waals surface area (Å²) in [4.78, 5) is 10.9. The summed E-state index contributed by atoms with van der Waals surface area (Å²) in [5.74, 6) is 0.0645. The van der Waals surface area contributed by atoms with E-state index in [4.69, 9.17) is 5.11 Å². The van der Waals surface area contributed by atoms with Gasteiger partial charge in [0.1, 0.15) is 0 Å². The molecule has 1 aliphatic carbocycles. The van der Waals surface area contributed by atoms with E-state index in [0.29, 0.717) is 16.9 Å². The topological polar surface area (TPSA) is 57.5 Å². The summed E-state index contributed by atoms with van der Waals surface area (Å²) >= 11 is 0. The Morgan fingerprint density at radius 3 is 2.33 bits per heavy atom. The first-order valence-corrected chi connectivity index (χ1v) is 7.79. The fourth-order valence-corrected chi connectivity index (χ4v) is 3.42. The van der Waals surface area contributed by atoms with Crippen molar-refractivity contribution in [3.63, 3.8) is 0 Å². The smallest absolute Gasteiger partial charge is 0.337 e. The van der Waals surface area contributed by atoms with E-state index in [1.165, 1.54) is 18.4 Å². The van der Waals surface area contributed by atoms with Crippen LogP contribution in [0.15, 0.2) is 24.3 Å². The highest BCUT2D eigenvalue weighted by Gasteiger charge is 2.30. The van der Waals surface area contributed by atoms with E-state index in [1.807, 2.05) is 12.1 Å². The molecule has 2 rings (SSSR count). The van der Waals surface area contributed by atoms with Gasteiger partial charge in [-0.15, -0.1) is 0 Å². The van der Waals surface area contributed by atoms with Crippen molar-refractivity contribution in [2.45, 2.75) is 58.5 Å². The molecule has 0 radical (unpaired) electrons. The van der Waals surface area contributed by atoms with Crippen molar-refractivity contribution >= 4 is 5.97 Å². The molecular weight excluding hydrogens is 264 g/mol. The Morgan fingerprint density at radius 2 is 1.81 bits per heavy atom. The normalized spacial score (nSPS) is 24.6. The van der Waals surface area contributed by atoms with E-state index in [2.05, 4.69) is 26.8 Å². The zero-order valence-corrected chi connectivity index (χ0v) is 13.2. The van der Waals surface area contributed by atoms with Crippen molar-refractivity contribution in [2.75, 3.05) is 0 Å². The van der Waals surface area contributed by atoms with Crippen LogP contribution in [0.3, 0.4) is 0 Å². The third kappa shape index (κ3) is 3.85. The maximum absolute atomic E-state index is 10.9. The van der Waals surface area contributed by atoms with Gasteiger partial charge in [-0.1, -0.05) is 45.0 Å². The van der Waals surface area contributed by atoms with Crippen LogP contribution >= 0.6 is 0 Å². The van der Waals surface area contributed by atoms with Gasteiger partial charge in [0.15, 0.2) is 6.10 Å². The lowest BCUT2D eigenvalue weighted by molar-refractivity contribution is -0.146. The van der Waals surface area contributed by atoms with E-state index >= 15 is 0 Å². The van der Waals surface area contributed by atoms with E-state index in [0.717, 1.165) is 18.8 Å². The van der Waals surface area contributed by atoms with Gasteiger partial charge >= 0.3 is 5.97 Å². The van der Waals surface area contributed by atoms with E-state index in [9.17, 15) is 9.90 Å². The molecule has 1 aromatic carbocycles. The Morgan fingerprint density at radius 1 is 1.19 bits per heavy atom. The second-order valence-corrected chi connectivity index (χ2v) is 7.33. The Balaban J connectivity index is 2.07. The SMILES string of the molecule is CC(C)(C)C1CCC(c2cccc(C(O)C(=O)O)c2)CC1. The Bertz CT molecular complexity index is 493. The summed E-state index contributed by atoms with van der Waals surface area (Å²) < 4.78 is 0. The molecule has 116 valence electrons. The van der Waals surface area contributed by atoms with Crippen molar-refractivity contribution in [1.82, 2.24) is 0 Å². The number of hydrogen-bond donors (Lipinski definition) is 2. The molecule has 0 heterocycles. The molecule has 0 aliphatic heterocycles. The van der Waals surface area contributed by atoms with Crippen LogP contribution in [0.2, 0.25) is 0 Å². The summed E-state index contributed by atoms with van der Waals surface area (Å²) in [6.45, 7) is 6.92. The largest absolute Gasteiger partial charge is 0.479 e. The quantitative estimate of drug-likeness (QED) is 0.880. The van der Waals surface area contributed by atoms with Crippen molar-refractivity contribution in [3.05, 3.63) is 35.4 Å². The molecule has 1 aliphatic rings. The van der Waals surface area contributed by atoms with Gasteiger partial charge in [-0.3, -0.25) is 0 Å². The molecule has 0 amide bonds. The second kappa shape index (κ2) is 6.18. The minimum atomic E-state index is -1.42. The zero-order chi connectivity index (χ0) is 15.6. The van der Waals surface area contributed by atoms with Crippen molar-refractivity contribution in [1.29, 1.82) is 0 Å². The van der Waals surface area contributed by atoms with E-state index < -0.39 is 12.1 Å². The molecule has 3 heteroatoms. The Hall–Kier alpha value is -1.35. The van der Waals surface area contributed by atoms with Gasteiger partial charge in [0.25, 0.3) is 0 Å². The highest BCUT2D eigenvalue weighted by Crippen LogP contribution is 2.43. The van der Waals surface area contributed by atoms with Gasteiger partial charge in [-0.25, -0.2) is 4.79 Å². The fourth-order valence-electron chi connectivity index (χ4n) is 3.42. The predicted octanol–water partition coefficient (Wildman–Crippen LogP) is 4.12. The number of carboxylic acids is 1. The molecule has 1 unspecified atom stereocenters. The summed E-state index contributed by atoms with van der Waals surface area (Å²) in [5.41, 5.74) is 2.02. The maximum Gasteiger partial charge on any atom is 0.337 e. The lowest BCUT2D eigenvalue weighted by atomic mass is 9.68. The first-order chi connectivity index (χ1) is 9.79. The van der Waals surface area contributed by atoms with Gasteiger partial charge in [0.2, 0.25) is 0 Å². The number of aliphatic hydroxyl groups excluding tert-OH is 1.